The summed E-state index contributed by atoms with van der Waals surface area (Å²) in [4.78, 5) is 1.01. The monoisotopic (exact) mass is 314 g/mol. The molecule has 1 fully saturated rings. The van der Waals surface area contributed by atoms with Crippen LogP contribution in [0.2, 0.25) is 0 Å². The molecule has 0 saturated heterocycles. The zero-order valence-electron chi connectivity index (χ0n) is 11.8. The second kappa shape index (κ2) is 6.37. The first kappa shape index (κ1) is 15.7. The van der Waals surface area contributed by atoms with Gasteiger partial charge in [0.05, 0.1) is 5.75 Å². The first-order valence-corrected chi connectivity index (χ1v) is 9.52. The van der Waals surface area contributed by atoms with Crippen LogP contribution in [0.1, 0.15) is 32.6 Å². The van der Waals surface area contributed by atoms with E-state index in [-0.39, 0.29) is 11.3 Å². The molecule has 0 atom stereocenters. The fourth-order valence-electron chi connectivity index (χ4n) is 2.56. The Morgan fingerprint density at radius 3 is 2.70 bits per heavy atom. The largest absolute Gasteiger partial charge is 0.399 e. The van der Waals surface area contributed by atoms with E-state index in [1.165, 1.54) is 11.8 Å². The Hall–Kier alpha value is -0.720. The molecule has 112 valence electrons. The van der Waals surface area contributed by atoms with Gasteiger partial charge in [-0.05, 0) is 38.0 Å². The van der Waals surface area contributed by atoms with E-state index in [1.807, 2.05) is 31.2 Å². The summed E-state index contributed by atoms with van der Waals surface area (Å²) in [5, 5.41) is 0. The summed E-state index contributed by atoms with van der Waals surface area (Å²) in [6, 6.07) is 7.51. The Morgan fingerprint density at radius 2 is 2.05 bits per heavy atom. The molecule has 6 heteroatoms. The Kier molecular flexibility index (Phi) is 4.99. The summed E-state index contributed by atoms with van der Waals surface area (Å²) in [6.45, 7) is 2.00. The standard InChI is InChI=1S/C14H22N2O2S2/c1-14(7-2-3-8-14)16-20(17,18)10-9-19-13-6-4-5-12(15)11-13/h4-6,11,16H,2-3,7-10,15H2,1H3. The maximum absolute atomic E-state index is 12.1. The molecule has 1 aromatic carbocycles. The van der Waals surface area contributed by atoms with E-state index in [0.717, 1.165) is 30.6 Å². The molecule has 4 nitrogen and oxygen atoms in total. The van der Waals surface area contributed by atoms with E-state index >= 15 is 0 Å². The maximum atomic E-state index is 12.1. The molecule has 0 unspecified atom stereocenters. The van der Waals surface area contributed by atoms with Crippen LogP contribution in [0.4, 0.5) is 5.69 Å². The van der Waals surface area contributed by atoms with E-state index in [1.54, 1.807) is 0 Å². The van der Waals surface area contributed by atoms with Crippen molar-refractivity contribution in [1.29, 1.82) is 0 Å². The predicted molar refractivity (Wildman–Crippen MR) is 85.4 cm³/mol. The highest BCUT2D eigenvalue weighted by atomic mass is 32.2. The molecule has 1 aliphatic carbocycles. The number of hydrogen-bond acceptors (Lipinski definition) is 4. The Morgan fingerprint density at radius 1 is 1.35 bits per heavy atom. The number of nitrogens with one attached hydrogen (secondary N) is 1. The van der Waals surface area contributed by atoms with Crippen LogP contribution in [0.15, 0.2) is 29.2 Å². The van der Waals surface area contributed by atoms with Crippen molar-refractivity contribution in [2.24, 2.45) is 0 Å². The molecule has 2 rings (SSSR count). The van der Waals surface area contributed by atoms with Gasteiger partial charge in [0.2, 0.25) is 10.0 Å². The minimum atomic E-state index is -3.21. The minimum absolute atomic E-state index is 0.141. The number of sulfonamides is 1. The zero-order valence-corrected chi connectivity index (χ0v) is 13.4. The predicted octanol–water partition coefficient (Wildman–Crippen LogP) is 2.61. The van der Waals surface area contributed by atoms with Crippen LogP contribution in [-0.4, -0.2) is 25.5 Å². The lowest BCUT2D eigenvalue weighted by Gasteiger charge is -2.24. The molecule has 0 radical (unpaired) electrons. The smallest absolute Gasteiger partial charge is 0.212 e. The summed E-state index contributed by atoms with van der Waals surface area (Å²) in [5.74, 6) is 0.678. The highest BCUT2D eigenvalue weighted by molar-refractivity contribution is 8.00. The normalized spacial score (nSPS) is 18.2. The van der Waals surface area contributed by atoms with E-state index in [0.29, 0.717) is 11.4 Å². The molecular formula is C14H22N2O2S2. The summed E-state index contributed by atoms with van der Waals surface area (Å²) in [6.07, 6.45) is 4.09. The fourth-order valence-corrected chi connectivity index (χ4v) is 5.46. The summed E-state index contributed by atoms with van der Waals surface area (Å²) < 4.78 is 27.1. The molecule has 1 aromatic rings. The molecule has 0 aromatic heterocycles. The average Bonchev–Trinajstić information content (AvgIpc) is 2.74. The van der Waals surface area contributed by atoms with Crippen LogP contribution in [0.5, 0.6) is 0 Å². The maximum Gasteiger partial charge on any atom is 0.212 e. The fraction of sp³-hybridized carbons (Fsp3) is 0.571. The van der Waals surface area contributed by atoms with Crippen molar-refractivity contribution in [3.05, 3.63) is 24.3 Å². The van der Waals surface area contributed by atoms with Gasteiger partial charge in [0, 0.05) is 21.9 Å². The highest BCUT2D eigenvalue weighted by Crippen LogP contribution is 2.29. The first-order chi connectivity index (χ1) is 9.39. The van der Waals surface area contributed by atoms with E-state index in [2.05, 4.69) is 4.72 Å². The van der Waals surface area contributed by atoms with E-state index in [4.69, 9.17) is 5.73 Å². The number of nitrogen functional groups attached to an aromatic ring is 1. The van der Waals surface area contributed by atoms with Gasteiger partial charge in [0.1, 0.15) is 0 Å². The third-order valence-electron chi connectivity index (χ3n) is 3.59. The quantitative estimate of drug-likeness (QED) is 0.625. The lowest BCUT2D eigenvalue weighted by atomic mass is 10.0. The van der Waals surface area contributed by atoms with Gasteiger partial charge in [-0.1, -0.05) is 18.9 Å². The number of benzene rings is 1. The van der Waals surface area contributed by atoms with Crippen molar-refractivity contribution in [2.45, 2.75) is 43.0 Å². The van der Waals surface area contributed by atoms with Crippen LogP contribution in [0, 0.1) is 0 Å². The molecule has 0 aliphatic heterocycles. The summed E-state index contributed by atoms with van der Waals surface area (Å²) in [5.41, 5.74) is 6.17. The van der Waals surface area contributed by atoms with Gasteiger partial charge in [-0.25, -0.2) is 13.1 Å². The molecule has 0 bridgehead atoms. The van der Waals surface area contributed by atoms with Gasteiger partial charge in [0.15, 0.2) is 0 Å². The number of hydrogen-bond donors (Lipinski definition) is 2. The van der Waals surface area contributed by atoms with Gasteiger partial charge >= 0.3 is 0 Å². The molecule has 3 N–H and O–H groups in total. The topological polar surface area (TPSA) is 72.2 Å². The molecule has 20 heavy (non-hydrogen) atoms. The lowest BCUT2D eigenvalue weighted by molar-refractivity contribution is 0.428. The zero-order chi connectivity index (χ0) is 14.6. The number of thioether (sulfide) groups is 1. The third-order valence-corrected chi connectivity index (χ3v) is 6.39. The third kappa shape index (κ3) is 4.68. The van der Waals surface area contributed by atoms with Gasteiger partial charge in [-0.2, -0.15) is 0 Å². The number of nitrogens with two attached hydrogens (primary N) is 1. The van der Waals surface area contributed by atoms with Crippen molar-refractivity contribution in [3.63, 3.8) is 0 Å². The van der Waals surface area contributed by atoms with Crippen LogP contribution in [0.3, 0.4) is 0 Å². The lowest BCUT2D eigenvalue weighted by Crippen LogP contribution is -2.44. The number of anilines is 1. The molecule has 1 aliphatic rings. The van der Waals surface area contributed by atoms with Crippen molar-refractivity contribution >= 4 is 27.5 Å². The Balaban J connectivity index is 1.83. The molecular weight excluding hydrogens is 292 g/mol. The van der Waals surface area contributed by atoms with Crippen molar-refractivity contribution in [1.82, 2.24) is 4.72 Å². The van der Waals surface area contributed by atoms with Crippen molar-refractivity contribution in [3.8, 4) is 0 Å². The van der Waals surface area contributed by atoms with Crippen LogP contribution in [-0.2, 0) is 10.0 Å². The highest BCUT2D eigenvalue weighted by Gasteiger charge is 2.32. The SMILES string of the molecule is CC1(NS(=O)(=O)CCSc2cccc(N)c2)CCCC1. The van der Waals surface area contributed by atoms with Crippen molar-refractivity contribution in [2.75, 3.05) is 17.2 Å². The van der Waals surface area contributed by atoms with Crippen LogP contribution in [0.25, 0.3) is 0 Å². The molecule has 0 amide bonds. The summed E-state index contributed by atoms with van der Waals surface area (Å²) in [7, 11) is -3.21. The minimum Gasteiger partial charge on any atom is -0.399 e. The molecule has 0 spiro atoms. The second-order valence-electron chi connectivity index (χ2n) is 5.61. The second-order valence-corrected chi connectivity index (χ2v) is 8.62. The molecule has 1 saturated carbocycles. The van der Waals surface area contributed by atoms with Gasteiger partial charge < -0.3 is 5.73 Å². The van der Waals surface area contributed by atoms with Gasteiger partial charge in [-0.3, -0.25) is 0 Å². The van der Waals surface area contributed by atoms with E-state index < -0.39 is 10.0 Å². The van der Waals surface area contributed by atoms with Gasteiger partial charge in [0.25, 0.3) is 0 Å². The number of rotatable bonds is 6. The van der Waals surface area contributed by atoms with Gasteiger partial charge in [-0.15, -0.1) is 11.8 Å². The first-order valence-electron chi connectivity index (χ1n) is 6.89. The van der Waals surface area contributed by atoms with Crippen LogP contribution >= 0.6 is 11.8 Å². The summed E-state index contributed by atoms with van der Waals surface area (Å²) >= 11 is 1.52. The Labute approximate surface area is 125 Å². The van der Waals surface area contributed by atoms with E-state index in [9.17, 15) is 8.42 Å². The van der Waals surface area contributed by atoms with Crippen LogP contribution < -0.4 is 10.5 Å². The Bertz CT molecular complexity index is 552. The molecule has 0 heterocycles. The van der Waals surface area contributed by atoms with Crippen molar-refractivity contribution < 1.29 is 8.42 Å². The average molecular weight is 314 g/mol.